The molecule has 0 radical (unpaired) electrons. The quantitative estimate of drug-likeness (QED) is 0.836. The highest BCUT2D eigenvalue weighted by Gasteiger charge is 2.43. The number of allylic oxidation sites excluding steroid dienone is 3. The van der Waals surface area contributed by atoms with Crippen molar-refractivity contribution >= 4 is 17.1 Å². The Labute approximate surface area is 175 Å². The number of nitriles is 1. The van der Waals surface area contributed by atoms with Gasteiger partial charge in [-0.1, -0.05) is 30.3 Å². The average molecular weight is 405 g/mol. The van der Waals surface area contributed by atoms with Crippen LogP contribution in [0, 0.1) is 18.3 Å². The summed E-state index contributed by atoms with van der Waals surface area (Å²) < 4.78 is 0. The van der Waals surface area contributed by atoms with E-state index in [1.54, 1.807) is 11.3 Å². The lowest BCUT2D eigenvalue weighted by Crippen LogP contribution is -2.46. The zero-order chi connectivity index (χ0) is 20.7. The van der Waals surface area contributed by atoms with Gasteiger partial charge in [0, 0.05) is 36.7 Å². The minimum Gasteiger partial charge on any atom is -0.383 e. The molecule has 0 saturated carbocycles. The molecule has 1 aromatic heterocycles. The van der Waals surface area contributed by atoms with Crippen LogP contribution in [-0.2, 0) is 4.79 Å². The Bertz CT molecular complexity index is 1060. The van der Waals surface area contributed by atoms with Crippen molar-refractivity contribution in [1.82, 2.24) is 10.0 Å². The first-order chi connectivity index (χ1) is 13.9. The van der Waals surface area contributed by atoms with Gasteiger partial charge >= 0.3 is 0 Å². The first-order valence-corrected chi connectivity index (χ1v) is 10.5. The van der Waals surface area contributed by atoms with Crippen LogP contribution in [0.25, 0.3) is 0 Å². The number of carbonyl (C=O) groups excluding carboxylic acids is 1. The highest BCUT2D eigenvalue weighted by atomic mass is 32.1. The van der Waals surface area contributed by atoms with E-state index in [1.807, 2.05) is 60.7 Å². The number of hydrogen-bond acceptors (Lipinski definition) is 6. The van der Waals surface area contributed by atoms with Gasteiger partial charge in [-0.15, -0.1) is 11.3 Å². The smallest absolute Gasteiger partial charge is 0.162 e. The molecule has 1 aromatic carbocycles. The summed E-state index contributed by atoms with van der Waals surface area (Å²) in [7, 11) is 3.78. The van der Waals surface area contributed by atoms with Gasteiger partial charge in [-0.3, -0.25) is 9.80 Å². The van der Waals surface area contributed by atoms with E-state index in [2.05, 4.69) is 18.2 Å². The number of thiophene rings is 1. The second-order valence-corrected chi connectivity index (χ2v) is 8.72. The zero-order valence-electron chi connectivity index (χ0n) is 16.8. The summed E-state index contributed by atoms with van der Waals surface area (Å²) in [4.78, 5) is 14.5. The molecule has 2 atom stereocenters. The summed E-state index contributed by atoms with van der Waals surface area (Å²) in [5, 5.41) is 15.7. The highest BCUT2D eigenvalue weighted by Crippen LogP contribution is 2.49. The zero-order valence-corrected chi connectivity index (χ0v) is 17.7. The Balaban J connectivity index is 1.90. The molecule has 0 amide bonds. The molecule has 2 aromatic rings. The van der Waals surface area contributed by atoms with Crippen molar-refractivity contribution in [2.24, 2.45) is 5.73 Å². The van der Waals surface area contributed by atoms with E-state index in [4.69, 9.17) is 5.73 Å². The maximum Gasteiger partial charge on any atom is 0.162 e. The lowest BCUT2D eigenvalue weighted by molar-refractivity contribution is -0.117. The third kappa shape index (κ3) is 3.17. The summed E-state index contributed by atoms with van der Waals surface area (Å²) in [6, 6.07) is 14.5. The maximum absolute atomic E-state index is 13.5. The molecule has 1 aliphatic heterocycles. The Morgan fingerprint density at radius 3 is 2.52 bits per heavy atom. The van der Waals surface area contributed by atoms with Crippen LogP contribution in [0.2, 0.25) is 0 Å². The number of Topliss-reactive ketones (excluding diaryl/α,β-unsaturated/α-hetero) is 1. The van der Waals surface area contributed by atoms with Crippen LogP contribution in [0.3, 0.4) is 0 Å². The average Bonchev–Trinajstić information content (AvgIpc) is 3.12. The number of nitrogens with zero attached hydrogens (tertiary/aromatic N) is 3. The number of carbonyl (C=O) groups is 1. The first kappa shape index (κ1) is 19.4. The molecule has 0 saturated heterocycles. The van der Waals surface area contributed by atoms with E-state index in [0.717, 1.165) is 27.3 Å². The van der Waals surface area contributed by atoms with Crippen molar-refractivity contribution in [3.05, 3.63) is 80.4 Å². The molecule has 0 unspecified atom stereocenters. The number of rotatable bonds is 3. The fraction of sp³-hybridized carbons (Fsp3) is 0.304. The van der Waals surface area contributed by atoms with Crippen LogP contribution in [-0.4, -0.2) is 29.9 Å². The van der Waals surface area contributed by atoms with Crippen LogP contribution in [0.1, 0.15) is 40.7 Å². The number of benzene rings is 1. The molecule has 2 heterocycles. The van der Waals surface area contributed by atoms with E-state index in [9.17, 15) is 10.1 Å². The lowest BCUT2D eigenvalue weighted by Gasteiger charge is -2.43. The largest absolute Gasteiger partial charge is 0.383 e. The second-order valence-electron chi connectivity index (χ2n) is 7.77. The molecule has 6 heteroatoms. The minimum absolute atomic E-state index is 0.102. The summed E-state index contributed by atoms with van der Waals surface area (Å²) >= 11 is 1.58. The molecule has 29 heavy (non-hydrogen) atoms. The fourth-order valence-electron chi connectivity index (χ4n) is 4.47. The van der Waals surface area contributed by atoms with E-state index in [1.165, 1.54) is 0 Å². The molecule has 0 spiro atoms. The normalized spacial score (nSPS) is 22.2. The van der Waals surface area contributed by atoms with E-state index >= 15 is 0 Å². The molecular weight excluding hydrogens is 380 g/mol. The van der Waals surface area contributed by atoms with Crippen molar-refractivity contribution in [3.63, 3.8) is 0 Å². The third-order valence-corrected chi connectivity index (χ3v) is 6.86. The summed E-state index contributed by atoms with van der Waals surface area (Å²) in [5.41, 5.74) is 10.9. The third-order valence-electron chi connectivity index (χ3n) is 5.78. The number of nitrogens with two attached hydrogens (primary N) is 1. The monoisotopic (exact) mass is 404 g/mol. The molecular formula is C23H24N4OS. The topological polar surface area (TPSA) is 73.4 Å². The van der Waals surface area contributed by atoms with Crippen LogP contribution in [0.5, 0.6) is 0 Å². The molecule has 0 bridgehead atoms. The Kier molecular flexibility index (Phi) is 5.03. The second kappa shape index (κ2) is 7.51. The van der Waals surface area contributed by atoms with Crippen molar-refractivity contribution in [2.75, 3.05) is 14.1 Å². The van der Waals surface area contributed by atoms with E-state index in [0.29, 0.717) is 24.2 Å². The molecule has 0 fully saturated rings. The Morgan fingerprint density at radius 1 is 1.21 bits per heavy atom. The molecule has 2 N–H and O–H groups in total. The van der Waals surface area contributed by atoms with Crippen LogP contribution in [0.4, 0.5) is 0 Å². The van der Waals surface area contributed by atoms with Crippen molar-refractivity contribution in [3.8, 4) is 6.07 Å². The molecule has 148 valence electrons. The van der Waals surface area contributed by atoms with Crippen molar-refractivity contribution in [2.45, 2.75) is 31.6 Å². The van der Waals surface area contributed by atoms with Gasteiger partial charge in [0.1, 0.15) is 5.82 Å². The number of aryl methyl sites for hydroxylation is 1. The molecule has 1 aliphatic carbocycles. The summed E-state index contributed by atoms with van der Waals surface area (Å²) in [6.45, 7) is 2.02. The SMILES string of the molecule is Cc1ccsc1[C@@H]1C(C#N)=C(N)N(N(C)C)C2=C1C(=O)C[C@H](c1ccccc1)C2. The van der Waals surface area contributed by atoms with Gasteiger partial charge in [0.15, 0.2) is 5.78 Å². The van der Waals surface area contributed by atoms with Crippen LogP contribution in [0.15, 0.2) is 64.4 Å². The lowest BCUT2D eigenvalue weighted by atomic mass is 9.73. The van der Waals surface area contributed by atoms with Crippen molar-refractivity contribution in [1.29, 1.82) is 5.26 Å². The molecule has 4 rings (SSSR count). The van der Waals surface area contributed by atoms with Gasteiger partial charge in [-0.2, -0.15) is 5.26 Å². The summed E-state index contributed by atoms with van der Waals surface area (Å²) in [6.07, 6.45) is 1.16. The predicted octanol–water partition coefficient (Wildman–Crippen LogP) is 4.03. The fourth-order valence-corrected chi connectivity index (χ4v) is 5.52. The van der Waals surface area contributed by atoms with Gasteiger partial charge in [0.25, 0.3) is 0 Å². The van der Waals surface area contributed by atoms with Gasteiger partial charge < -0.3 is 5.73 Å². The number of hydrazine groups is 1. The Hall–Kier alpha value is -2.88. The predicted molar refractivity (Wildman–Crippen MR) is 115 cm³/mol. The van der Waals surface area contributed by atoms with Gasteiger partial charge in [0.05, 0.1) is 17.6 Å². The first-order valence-electron chi connectivity index (χ1n) is 9.66. The maximum atomic E-state index is 13.5. The minimum atomic E-state index is -0.379. The van der Waals surface area contributed by atoms with Crippen LogP contribution < -0.4 is 5.73 Å². The van der Waals surface area contributed by atoms with Crippen molar-refractivity contribution < 1.29 is 4.79 Å². The van der Waals surface area contributed by atoms with Gasteiger partial charge in [-0.05, 0) is 41.8 Å². The molecule has 5 nitrogen and oxygen atoms in total. The van der Waals surface area contributed by atoms with E-state index < -0.39 is 0 Å². The number of hydrogen-bond donors (Lipinski definition) is 1. The molecule has 2 aliphatic rings. The van der Waals surface area contributed by atoms with Gasteiger partial charge in [0.2, 0.25) is 0 Å². The Morgan fingerprint density at radius 2 is 1.93 bits per heavy atom. The van der Waals surface area contributed by atoms with E-state index in [-0.39, 0.29) is 17.6 Å². The number of ketones is 1. The summed E-state index contributed by atoms with van der Waals surface area (Å²) in [5.74, 6) is 0.238. The van der Waals surface area contributed by atoms with Crippen LogP contribution >= 0.6 is 11.3 Å². The standard InChI is InChI=1S/C23H24N4OS/c1-14-9-10-29-22(14)20-17(13-24)23(25)27(26(2)3)18-11-16(12-19(28)21(18)20)15-7-5-4-6-8-15/h4-10,16,20H,11-12,25H2,1-3H3/t16-,20-/m1/s1. The highest BCUT2D eigenvalue weighted by molar-refractivity contribution is 7.10. The van der Waals surface area contributed by atoms with Gasteiger partial charge in [-0.25, -0.2) is 5.01 Å².